The van der Waals surface area contributed by atoms with Crippen LogP contribution in [0.5, 0.6) is 0 Å². The van der Waals surface area contributed by atoms with Gasteiger partial charge in [-0.1, -0.05) is 19.9 Å². The molecule has 94 valence electrons. The molecular weight excluding hydrogens is 219 g/mol. The highest BCUT2D eigenvalue weighted by Gasteiger charge is 2.26. The molecule has 2 nitrogen and oxygen atoms in total. The van der Waals surface area contributed by atoms with Crippen molar-refractivity contribution < 1.29 is 18.0 Å². The molecule has 0 aliphatic rings. The summed E-state index contributed by atoms with van der Waals surface area (Å²) in [4.78, 5) is 12.7. The lowest BCUT2D eigenvalue weighted by molar-refractivity contribution is -0.139. The van der Waals surface area contributed by atoms with Gasteiger partial charge in [0.15, 0.2) is 0 Å². The van der Waals surface area contributed by atoms with Crippen molar-refractivity contribution in [1.82, 2.24) is 4.90 Å². The summed E-state index contributed by atoms with van der Waals surface area (Å²) in [5.41, 5.74) is 0. The molecule has 0 saturated heterocycles. The fourth-order valence-corrected chi connectivity index (χ4v) is 1.28. The summed E-state index contributed by atoms with van der Waals surface area (Å²) < 4.78 is 35.8. The molecule has 0 spiro atoms. The van der Waals surface area contributed by atoms with E-state index >= 15 is 0 Å². The SMILES string of the molecule is C=CC(=O)N(CCCC)CCCC(F)(F)F. The summed E-state index contributed by atoms with van der Waals surface area (Å²) in [6, 6.07) is 0. The third-order valence-electron chi connectivity index (χ3n) is 2.16. The average Bonchev–Trinajstić information content (AvgIpc) is 2.20. The number of alkyl halides is 3. The number of nitrogens with zero attached hydrogens (tertiary/aromatic N) is 1. The number of carbonyl (C=O) groups is 1. The van der Waals surface area contributed by atoms with E-state index in [-0.39, 0.29) is 18.9 Å². The van der Waals surface area contributed by atoms with Gasteiger partial charge in [0.05, 0.1) is 0 Å². The van der Waals surface area contributed by atoms with Crippen molar-refractivity contribution in [3.63, 3.8) is 0 Å². The van der Waals surface area contributed by atoms with Crippen molar-refractivity contribution in [2.45, 2.75) is 38.8 Å². The van der Waals surface area contributed by atoms with Gasteiger partial charge in [0.25, 0.3) is 0 Å². The second-order valence-corrected chi connectivity index (χ2v) is 3.60. The molecule has 0 saturated carbocycles. The number of amides is 1. The zero-order valence-electron chi connectivity index (χ0n) is 9.52. The number of unbranched alkanes of at least 4 members (excludes halogenated alkanes) is 1. The first-order valence-electron chi connectivity index (χ1n) is 5.38. The fraction of sp³-hybridized carbons (Fsp3) is 0.727. The number of halogens is 3. The van der Waals surface area contributed by atoms with E-state index in [0.717, 1.165) is 18.9 Å². The number of rotatable bonds is 7. The summed E-state index contributed by atoms with van der Waals surface area (Å²) in [7, 11) is 0. The van der Waals surface area contributed by atoms with Crippen molar-refractivity contribution in [3.05, 3.63) is 12.7 Å². The van der Waals surface area contributed by atoms with E-state index in [2.05, 4.69) is 6.58 Å². The maximum atomic E-state index is 11.9. The minimum Gasteiger partial charge on any atom is -0.339 e. The van der Waals surface area contributed by atoms with Crippen LogP contribution in [-0.2, 0) is 4.79 Å². The Hall–Kier alpha value is -1.00. The zero-order valence-corrected chi connectivity index (χ0v) is 9.52. The molecule has 0 heterocycles. The Bertz CT molecular complexity index is 226. The lowest BCUT2D eigenvalue weighted by atomic mass is 10.2. The highest BCUT2D eigenvalue weighted by atomic mass is 19.4. The molecule has 0 rings (SSSR count). The zero-order chi connectivity index (χ0) is 12.6. The second kappa shape index (κ2) is 7.30. The van der Waals surface area contributed by atoms with Crippen molar-refractivity contribution in [3.8, 4) is 0 Å². The van der Waals surface area contributed by atoms with Crippen LogP contribution in [0.4, 0.5) is 13.2 Å². The lowest BCUT2D eigenvalue weighted by Gasteiger charge is -2.21. The van der Waals surface area contributed by atoms with Crippen LogP contribution in [-0.4, -0.2) is 30.1 Å². The van der Waals surface area contributed by atoms with Gasteiger partial charge in [0, 0.05) is 19.5 Å². The van der Waals surface area contributed by atoms with Crippen LogP contribution in [0.1, 0.15) is 32.6 Å². The van der Waals surface area contributed by atoms with Gasteiger partial charge in [0.2, 0.25) is 5.91 Å². The standard InChI is InChI=1S/C11H18F3NO/c1-3-5-8-15(10(16)4-2)9-6-7-11(12,13)14/h4H,2-3,5-9H2,1H3. The third kappa shape index (κ3) is 7.31. The molecule has 0 aliphatic carbocycles. The summed E-state index contributed by atoms with van der Waals surface area (Å²) in [5.74, 6) is -0.296. The summed E-state index contributed by atoms with van der Waals surface area (Å²) in [6.45, 7) is 5.94. The molecule has 0 bridgehead atoms. The number of hydrogen-bond acceptors (Lipinski definition) is 1. The van der Waals surface area contributed by atoms with Gasteiger partial charge in [-0.05, 0) is 18.9 Å². The second-order valence-electron chi connectivity index (χ2n) is 3.60. The number of hydrogen-bond donors (Lipinski definition) is 0. The van der Waals surface area contributed by atoms with Gasteiger partial charge in [-0.2, -0.15) is 13.2 Å². The largest absolute Gasteiger partial charge is 0.389 e. The first-order valence-corrected chi connectivity index (χ1v) is 5.38. The van der Waals surface area contributed by atoms with Gasteiger partial charge in [-0.3, -0.25) is 4.79 Å². The maximum Gasteiger partial charge on any atom is 0.389 e. The predicted octanol–water partition coefficient (Wildman–Crippen LogP) is 3.14. The van der Waals surface area contributed by atoms with E-state index in [4.69, 9.17) is 0 Å². The monoisotopic (exact) mass is 237 g/mol. The van der Waals surface area contributed by atoms with Crippen LogP contribution in [0.15, 0.2) is 12.7 Å². The van der Waals surface area contributed by atoms with Crippen molar-refractivity contribution in [2.24, 2.45) is 0 Å². The van der Waals surface area contributed by atoms with Gasteiger partial charge < -0.3 is 4.90 Å². The van der Waals surface area contributed by atoms with Gasteiger partial charge in [-0.25, -0.2) is 0 Å². The molecule has 16 heavy (non-hydrogen) atoms. The Morgan fingerprint density at radius 2 is 1.88 bits per heavy atom. The smallest absolute Gasteiger partial charge is 0.339 e. The van der Waals surface area contributed by atoms with Crippen LogP contribution >= 0.6 is 0 Å². The molecule has 1 amide bonds. The molecule has 0 aromatic rings. The van der Waals surface area contributed by atoms with Crippen LogP contribution in [0, 0.1) is 0 Å². The molecular formula is C11H18F3NO. The van der Waals surface area contributed by atoms with E-state index in [0.29, 0.717) is 6.54 Å². The fourth-order valence-electron chi connectivity index (χ4n) is 1.28. The van der Waals surface area contributed by atoms with E-state index < -0.39 is 12.6 Å². The van der Waals surface area contributed by atoms with Crippen LogP contribution in [0.25, 0.3) is 0 Å². The predicted molar refractivity (Wildman–Crippen MR) is 57.0 cm³/mol. The molecule has 0 aliphatic heterocycles. The van der Waals surface area contributed by atoms with Gasteiger partial charge in [0.1, 0.15) is 0 Å². The molecule has 0 N–H and O–H groups in total. The van der Waals surface area contributed by atoms with Crippen molar-refractivity contribution in [2.75, 3.05) is 13.1 Å². The topological polar surface area (TPSA) is 20.3 Å². The third-order valence-corrected chi connectivity index (χ3v) is 2.16. The molecule has 0 aromatic heterocycles. The van der Waals surface area contributed by atoms with E-state index in [1.165, 1.54) is 4.90 Å². The first-order chi connectivity index (χ1) is 7.40. The average molecular weight is 237 g/mol. The molecule has 0 atom stereocenters. The number of carbonyl (C=O) groups excluding carboxylic acids is 1. The minimum absolute atomic E-state index is 0.0488. The summed E-state index contributed by atoms with van der Waals surface area (Å²) >= 11 is 0. The molecule has 0 fully saturated rings. The highest BCUT2D eigenvalue weighted by Crippen LogP contribution is 2.21. The Balaban J connectivity index is 4.01. The molecule has 5 heteroatoms. The Morgan fingerprint density at radius 1 is 1.31 bits per heavy atom. The van der Waals surface area contributed by atoms with Crippen LogP contribution in [0.3, 0.4) is 0 Å². The summed E-state index contributed by atoms with van der Waals surface area (Å²) in [5, 5.41) is 0. The first kappa shape index (κ1) is 15.0. The van der Waals surface area contributed by atoms with Gasteiger partial charge >= 0.3 is 6.18 Å². The van der Waals surface area contributed by atoms with Crippen molar-refractivity contribution in [1.29, 1.82) is 0 Å². The molecule has 0 unspecified atom stereocenters. The van der Waals surface area contributed by atoms with Crippen LogP contribution in [0.2, 0.25) is 0 Å². The van der Waals surface area contributed by atoms with E-state index in [1.54, 1.807) is 0 Å². The minimum atomic E-state index is -4.15. The Kier molecular flexibility index (Phi) is 6.85. The van der Waals surface area contributed by atoms with Crippen molar-refractivity contribution >= 4 is 5.91 Å². The molecule has 0 radical (unpaired) electrons. The maximum absolute atomic E-state index is 11.9. The Labute approximate surface area is 94.1 Å². The normalized spacial score (nSPS) is 11.2. The summed E-state index contributed by atoms with van der Waals surface area (Å²) in [6.07, 6.45) is -2.20. The van der Waals surface area contributed by atoms with Gasteiger partial charge in [-0.15, -0.1) is 0 Å². The molecule has 0 aromatic carbocycles. The van der Waals surface area contributed by atoms with Crippen LogP contribution < -0.4 is 0 Å². The quantitative estimate of drug-likeness (QED) is 0.623. The van der Waals surface area contributed by atoms with E-state index in [1.807, 2.05) is 6.92 Å². The Morgan fingerprint density at radius 3 is 2.31 bits per heavy atom. The lowest BCUT2D eigenvalue weighted by Crippen LogP contribution is -2.32. The highest BCUT2D eigenvalue weighted by molar-refractivity contribution is 5.86. The van der Waals surface area contributed by atoms with E-state index in [9.17, 15) is 18.0 Å².